The largest absolute Gasteiger partial charge is 0.497 e. The standard InChI is InChI=1S/C16H17N3O3S2/c1-22-10-2-3-13-12(6-10)18-16(24-13)19-7-9(8-19)14(20)17-11-4-5-23-15(11)21/h2-3,6,9,11H,4-5,7-8H2,1H3,(H,17,20)/t11-/m0/s1. The molecule has 6 nitrogen and oxygen atoms in total. The van der Waals surface area contributed by atoms with Crippen LogP contribution in [0, 0.1) is 5.92 Å². The second kappa shape index (κ2) is 6.25. The Kier molecular flexibility index (Phi) is 4.09. The molecule has 1 aromatic heterocycles. The van der Waals surface area contributed by atoms with Gasteiger partial charge in [0.05, 0.1) is 29.3 Å². The van der Waals surface area contributed by atoms with E-state index in [1.807, 2.05) is 18.2 Å². The van der Waals surface area contributed by atoms with E-state index in [0.29, 0.717) is 13.1 Å². The molecule has 0 saturated carbocycles. The number of carbonyl (C=O) groups excluding carboxylic acids is 2. The van der Waals surface area contributed by atoms with E-state index < -0.39 is 0 Å². The Morgan fingerprint density at radius 3 is 2.96 bits per heavy atom. The molecule has 1 N–H and O–H groups in total. The number of hydrogen-bond donors (Lipinski definition) is 1. The summed E-state index contributed by atoms with van der Waals surface area (Å²) in [7, 11) is 1.64. The average molecular weight is 363 g/mol. The van der Waals surface area contributed by atoms with Crippen LogP contribution in [0.25, 0.3) is 10.2 Å². The number of thioether (sulfide) groups is 1. The van der Waals surface area contributed by atoms with Crippen LogP contribution in [-0.4, -0.2) is 48.0 Å². The van der Waals surface area contributed by atoms with Crippen molar-refractivity contribution in [1.29, 1.82) is 0 Å². The molecule has 1 aromatic carbocycles. The molecular formula is C16H17N3O3S2. The molecule has 24 heavy (non-hydrogen) atoms. The first-order valence-corrected chi connectivity index (χ1v) is 9.61. The van der Waals surface area contributed by atoms with Crippen molar-refractivity contribution in [2.45, 2.75) is 12.5 Å². The summed E-state index contributed by atoms with van der Waals surface area (Å²) in [6.45, 7) is 1.30. The van der Waals surface area contributed by atoms with Gasteiger partial charge in [0.25, 0.3) is 0 Å². The highest BCUT2D eigenvalue weighted by molar-refractivity contribution is 8.14. The minimum Gasteiger partial charge on any atom is -0.497 e. The topological polar surface area (TPSA) is 71.5 Å². The van der Waals surface area contributed by atoms with Crippen LogP contribution in [0.15, 0.2) is 18.2 Å². The average Bonchev–Trinajstić information content (AvgIpc) is 3.11. The van der Waals surface area contributed by atoms with Crippen LogP contribution < -0.4 is 15.0 Å². The van der Waals surface area contributed by atoms with E-state index in [0.717, 1.165) is 33.3 Å². The van der Waals surface area contributed by atoms with Crippen molar-refractivity contribution in [3.63, 3.8) is 0 Å². The zero-order valence-electron chi connectivity index (χ0n) is 13.2. The molecule has 8 heteroatoms. The Morgan fingerprint density at radius 2 is 2.25 bits per heavy atom. The number of fused-ring (bicyclic) bond motifs is 1. The van der Waals surface area contributed by atoms with Gasteiger partial charge >= 0.3 is 0 Å². The summed E-state index contributed by atoms with van der Waals surface area (Å²) in [5.74, 6) is 1.51. The Morgan fingerprint density at radius 1 is 1.42 bits per heavy atom. The first-order valence-electron chi connectivity index (χ1n) is 7.80. The minimum absolute atomic E-state index is 0.0186. The van der Waals surface area contributed by atoms with Gasteiger partial charge in [-0.25, -0.2) is 4.98 Å². The van der Waals surface area contributed by atoms with E-state index in [1.165, 1.54) is 11.8 Å². The Hall–Kier alpha value is -1.80. The molecule has 0 unspecified atom stereocenters. The first kappa shape index (κ1) is 15.7. The third kappa shape index (κ3) is 2.84. The van der Waals surface area contributed by atoms with Crippen molar-refractivity contribution >= 4 is 49.5 Å². The number of nitrogens with zero attached hydrogens (tertiary/aromatic N) is 2. The maximum atomic E-state index is 12.2. The summed E-state index contributed by atoms with van der Waals surface area (Å²) < 4.78 is 6.33. The highest BCUT2D eigenvalue weighted by Crippen LogP contribution is 2.34. The minimum atomic E-state index is -0.300. The Balaban J connectivity index is 1.38. The van der Waals surface area contributed by atoms with Crippen molar-refractivity contribution in [3.8, 4) is 5.75 Å². The van der Waals surface area contributed by atoms with Gasteiger partial charge in [-0.1, -0.05) is 23.1 Å². The molecule has 1 amide bonds. The van der Waals surface area contributed by atoms with Crippen LogP contribution in [-0.2, 0) is 9.59 Å². The van der Waals surface area contributed by atoms with Crippen LogP contribution in [0.1, 0.15) is 6.42 Å². The molecule has 2 aromatic rings. The molecular weight excluding hydrogens is 346 g/mol. The van der Waals surface area contributed by atoms with Crippen molar-refractivity contribution in [1.82, 2.24) is 10.3 Å². The highest BCUT2D eigenvalue weighted by Gasteiger charge is 2.37. The molecule has 0 radical (unpaired) electrons. The number of hydrogen-bond acceptors (Lipinski definition) is 7. The molecule has 1 atom stereocenters. The van der Waals surface area contributed by atoms with Gasteiger partial charge in [-0.15, -0.1) is 0 Å². The van der Waals surface area contributed by atoms with Crippen LogP contribution in [0.3, 0.4) is 0 Å². The summed E-state index contributed by atoms with van der Waals surface area (Å²) >= 11 is 2.92. The molecule has 2 aliphatic rings. The molecule has 3 heterocycles. The third-order valence-corrected chi connectivity index (χ3v) is 6.46. The zero-order chi connectivity index (χ0) is 16.7. The van der Waals surface area contributed by atoms with E-state index >= 15 is 0 Å². The molecule has 2 fully saturated rings. The van der Waals surface area contributed by atoms with Crippen LogP contribution in [0.5, 0.6) is 5.75 Å². The summed E-state index contributed by atoms with van der Waals surface area (Å²) in [6.07, 6.45) is 0.741. The molecule has 126 valence electrons. The number of ether oxygens (including phenoxy) is 1. The van der Waals surface area contributed by atoms with E-state index in [9.17, 15) is 9.59 Å². The fourth-order valence-electron chi connectivity index (χ4n) is 2.87. The number of amides is 1. The number of methoxy groups -OCH3 is 1. The van der Waals surface area contributed by atoms with Gasteiger partial charge < -0.3 is 15.0 Å². The van der Waals surface area contributed by atoms with E-state index in [2.05, 4.69) is 15.2 Å². The van der Waals surface area contributed by atoms with Crippen molar-refractivity contribution in [2.75, 3.05) is 30.9 Å². The van der Waals surface area contributed by atoms with Gasteiger partial charge in [-0.05, 0) is 18.6 Å². The number of rotatable bonds is 4. The van der Waals surface area contributed by atoms with Gasteiger partial charge in [-0.3, -0.25) is 9.59 Å². The fraction of sp³-hybridized carbons (Fsp3) is 0.438. The first-order chi connectivity index (χ1) is 11.6. The molecule has 0 aliphatic carbocycles. The summed E-state index contributed by atoms with van der Waals surface area (Å²) in [5.41, 5.74) is 0.913. The maximum Gasteiger partial charge on any atom is 0.227 e. The van der Waals surface area contributed by atoms with E-state index in [4.69, 9.17) is 4.74 Å². The Labute approximate surface area is 147 Å². The van der Waals surface area contributed by atoms with Crippen molar-refractivity contribution in [3.05, 3.63) is 18.2 Å². The van der Waals surface area contributed by atoms with E-state index in [1.54, 1.807) is 18.4 Å². The van der Waals surface area contributed by atoms with E-state index in [-0.39, 0.29) is 23.0 Å². The Bertz CT molecular complexity index is 801. The number of aromatic nitrogens is 1. The van der Waals surface area contributed by atoms with Gasteiger partial charge in [0.15, 0.2) is 5.13 Å². The molecule has 4 rings (SSSR count). The second-order valence-electron chi connectivity index (χ2n) is 5.95. The number of benzene rings is 1. The number of carbonyl (C=O) groups is 2. The summed E-state index contributed by atoms with van der Waals surface area (Å²) in [6, 6.07) is 5.55. The number of anilines is 1. The van der Waals surface area contributed by atoms with Gasteiger partial charge in [-0.2, -0.15) is 0 Å². The lowest BCUT2D eigenvalue weighted by molar-refractivity contribution is -0.128. The number of nitrogens with one attached hydrogen (secondary N) is 1. The maximum absolute atomic E-state index is 12.2. The monoisotopic (exact) mass is 363 g/mol. The van der Waals surface area contributed by atoms with Crippen molar-refractivity contribution in [2.24, 2.45) is 5.92 Å². The normalized spacial score (nSPS) is 21.1. The van der Waals surface area contributed by atoms with Crippen molar-refractivity contribution < 1.29 is 14.3 Å². The smallest absolute Gasteiger partial charge is 0.227 e. The predicted molar refractivity (Wildman–Crippen MR) is 95.9 cm³/mol. The summed E-state index contributed by atoms with van der Waals surface area (Å²) in [5, 5.41) is 3.88. The highest BCUT2D eigenvalue weighted by atomic mass is 32.2. The molecule has 2 aliphatic heterocycles. The zero-order valence-corrected chi connectivity index (χ0v) is 14.8. The molecule has 2 saturated heterocycles. The third-order valence-electron chi connectivity index (χ3n) is 4.36. The van der Waals surface area contributed by atoms with Crippen LogP contribution in [0.2, 0.25) is 0 Å². The molecule has 0 spiro atoms. The van der Waals surface area contributed by atoms with Crippen LogP contribution >= 0.6 is 23.1 Å². The SMILES string of the molecule is COc1ccc2sc(N3CC(C(=O)N[C@H]4CCSC4=O)C3)nc2c1. The van der Waals surface area contributed by atoms with Gasteiger partial charge in [0.1, 0.15) is 5.75 Å². The van der Waals surface area contributed by atoms with Crippen LogP contribution in [0.4, 0.5) is 5.13 Å². The van der Waals surface area contributed by atoms with Gasteiger partial charge in [0, 0.05) is 24.9 Å². The second-order valence-corrected chi connectivity index (χ2v) is 8.06. The summed E-state index contributed by atoms with van der Waals surface area (Å²) in [4.78, 5) is 30.6. The lowest BCUT2D eigenvalue weighted by atomic mass is 9.99. The van der Waals surface area contributed by atoms with Gasteiger partial charge in [0.2, 0.25) is 11.0 Å². The quantitative estimate of drug-likeness (QED) is 0.894. The number of thiazole rings is 1. The molecule has 0 bridgehead atoms. The lowest BCUT2D eigenvalue weighted by Gasteiger charge is -2.38. The fourth-order valence-corrected chi connectivity index (χ4v) is 4.77. The lowest BCUT2D eigenvalue weighted by Crippen LogP contribution is -2.55. The predicted octanol–water partition coefficient (Wildman–Crippen LogP) is 1.89.